The zero-order valence-electron chi connectivity index (χ0n) is 11.0. The molecule has 1 atom stereocenters. The maximum Gasteiger partial charge on any atom is 0.0761 e. The van der Waals surface area contributed by atoms with Crippen LogP contribution in [0.3, 0.4) is 0 Å². The normalized spacial score (nSPS) is 20.8. The Hall–Kier alpha value is -1.16. The minimum absolute atomic E-state index is 0.287. The second-order valence-corrected chi connectivity index (χ2v) is 5.42. The molecule has 1 aliphatic heterocycles. The summed E-state index contributed by atoms with van der Waals surface area (Å²) in [7, 11) is 0. The van der Waals surface area contributed by atoms with Gasteiger partial charge in [-0.3, -0.25) is 9.88 Å². The van der Waals surface area contributed by atoms with Crippen molar-refractivity contribution in [1.29, 1.82) is 0 Å². The van der Waals surface area contributed by atoms with Crippen LogP contribution in [0.5, 0.6) is 0 Å². The van der Waals surface area contributed by atoms with E-state index in [1.165, 1.54) is 0 Å². The lowest BCUT2D eigenvalue weighted by Crippen LogP contribution is -2.40. The Kier molecular flexibility index (Phi) is 3.69. The lowest BCUT2D eigenvalue weighted by atomic mass is 10.1. The first-order valence-electron chi connectivity index (χ1n) is 6.60. The predicted octanol–water partition coefficient (Wildman–Crippen LogP) is 3.11. The molecule has 19 heavy (non-hydrogen) atoms. The van der Waals surface area contributed by atoms with E-state index < -0.39 is 0 Å². The van der Waals surface area contributed by atoms with Crippen molar-refractivity contribution in [2.45, 2.75) is 19.6 Å². The third-order valence-electron chi connectivity index (χ3n) is 3.53. The number of hydrogen-bond acceptors (Lipinski definition) is 3. The van der Waals surface area contributed by atoms with Crippen molar-refractivity contribution < 1.29 is 4.74 Å². The lowest BCUT2D eigenvalue weighted by molar-refractivity contribution is -0.0210. The fourth-order valence-corrected chi connectivity index (χ4v) is 2.80. The monoisotopic (exact) mass is 276 g/mol. The molecule has 1 aliphatic rings. The largest absolute Gasteiger partial charge is 0.376 e. The number of benzene rings is 1. The van der Waals surface area contributed by atoms with E-state index in [1.807, 2.05) is 24.4 Å². The number of pyridine rings is 1. The van der Waals surface area contributed by atoms with Crippen molar-refractivity contribution >= 4 is 22.5 Å². The Morgan fingerprint density at radius 3 is 3.16 bits per heavy atom. The van der Waals surface area contributed by atoms with Crippen LogP contribution in [-0.4, -0.2) is 35.7 Å². The Morgan fingerprint density at radius 1 is 1.42 bits per heavy atom. The minimum Gasteiger partial charge on any atom is -0.376 e. The molecule has 1 unspecified atom stereocenters. The number of fused-ring (bicyclic) bond motifs is 1. The van der Waals surface area contributed by atoms with Gasteiger partial charge in [0, 0.05) is 41.8 Å². The maximum absolute atomic E-state index is 6.36. The van der Waals surface area contributed by atoms with Crippen LogP contribution in [0.25, 0.3) is 10.9 Å². The number of nitrogens with zero attached hydrogens (tertiary/aromatic N) is 2. The first-order chi connectivity index (χ1) is 9.24. The predicted molar refractivity (Wildman–Crippen MR) is 77.4 cm³/mol. The van der Waals surface area contributed by atoms with Crippen molar-refractivity contribution in [2.24, 2.45) is 0 Å². The van der Waals surface area contributed by atoms with Crippen LogP contribution in [0.4, 0.5) is 0 Å². The molecule has 1 aromatic heterocycles. The van der Waals surface area contributed by atoms with Gasteiger partial charge in [0.15, 0.2) is 0 Å². The second-order valence-electron chi connectivity index (χ2n) is 5.02. The van der Waals surface area contributed by atoms with Crippen molar-refractivity contribution in [1.82, 2.24) is 9.88 Å². The lowest BCUT2D eigenvalue weighted by Gasteiger charge is -2.31. The topological polar surface area (TPSA) is 25.4 Å². The van der Waals surface area contributed by atoms with Crippen LogP contribution >= 0.6 is 11.6 Å². The van der Waals surface area contributed by atoms with Crippen molar-refractivity contribution in [2.75, 3.05) is 19.7 Å². The highest BCUT2D eigenvalue weighted by Gasteiger charge is 2.19. The third-order valence-corrected chi connectivity index (χ3v) is 3.88. The van der Waals surface area contributed by atoms with Crippen molar-refractivity contribution in [3.05, 3.63) is 41.0 Å². The standard InChI is InChI=1S/C15H17ClN2O/c1-11-9-18(7-8-19-11)10-13-14(16)5-4-12-3-2-6-17-15(12)13/h2-6,11H,7-10H2,1H3. The molecule has 1 fully saturated rings. The molecule has 0 aliphatic carbocycles. The number of hydrogen-bond donors (Lipinski definition) is 0. The van der Waals surface area contributed by atoms with E-state index in [-0.39, 0.29) is 6.10 Å². The van der Waals surface area contributed by atoms with E-state index >= 15 is 0 Å². The van der Waals surface area contributed by atoms with Crippen LogP contribution in [-0.2, 0) is 11.3 Å². The quantitative estimate of drug-likeness (QED) is 0.843. The molecule has 1 aromatic carbocycles. The first kappa shape index (κ1) is 12.9. The molecule has 1 saturated heterocycles. The summed E-state index contributed by atoms with van der Waals surface area (Å²) in [5.74, 6) is 0. The average Bonchev–Trinajstić information content (AvgIpc) is 2.42. The highest BCUT2D eigenvalue weighted by Crippen LogP contribution is 2.26. The fraction of sp³-hybridized carbons (Fsp3) is 0.400. The van der Waals surface area contributed by atoms with Gasteiger partial charge in [-0.2, -0.15) is 0 Å². The van der Waals surface area contributed by atoms with E-state index in [9.17, 15) is 0 Å². The summed E-state index contributed by atoms with van der Waals surface area (Å²) in [6, 6.07) is 8.02. The first-order valence-corrected chi connectivity index (χ1v) is 6.98. The molecule has 2 heterocycles. The van der Waals surface area contributed by atoms with E-state index in [0.717, 1.165) is 47.7 Å². The molecule has 0 bridgehead atoms. The van der Waals surface area contributed by atoms with Gasteiger partial charge in [-0.25, -0.2) is 0 Å². The number of rotatable bonds is 2. The van der Waals surface area contributed by atoms with Gasteiger partial charge >= 0.3 is 0 Å². The Labute approximate surface area is 118 Å². The zero-order chi connectivity index (χ0) is 13.2. The van der Waals surface area contributed by atoms with Gasteiger partial charge in [0.2, 0.25) is 0 Å². The van der Waals surface area contributed by atoms with E-state index in [1.54, 1.807) is 0 Å². The summed E-state index contributed by atoms with van der Waals surface area (Å²) in [5, 5.41) is 1.94. The van der Waals surface area contributed by atoms with Gasteiger partial charge in [-0.1, -0.05) is 23.7 Å². The van der Waals surface area contributed by atoms with Crippen LogP contribution in [0.2, 0.25) is 5.02 Å². The zero-order valence-corrected chi connectivity index (χ0v) is 11.7. The molecule has 0 saturated carbocycles. The summed E-state index contributed by atoms with van der Waals surface area (Å²) in [6.07, 6.45) is 2.11. The van der Waals surface area contributed by atoms with Crippen molar-refractivity contribution in [3.8, 4) is 0 Å². The number of halogens is 1. The molecule has 4 heteroatoms. The molecular formula is C15H17ClN2O. The molecule has 0 radical (unpaired) electrons. The molecular weight excluding hydrogens is 260 g/mol. The Bertz CT molecular complexity index is 587. The summed E-state index contributed by atoms with van der Waals surface area (Å²) in [5.41, 5.74) is 2.13. The van der Waals surface area contributed by atoms with Gasteiger partial charge < -0.3 is 4.74 Å². The van der Waals surface area contributed by atoms with E-state index in [2.05, 4.69) is 22.9 Å². The summed E-state index contributed by atoms with van der Waals surface area (Å²) in [4.78, 5) is 6.86. The third kappa shape index (κ3) is 2.73. The molecule has 0 spiro atoms. The molecule has 2 aromatic rings. The summed E-state index contributed by atoms with van der Waals surface area (Å²) < 4.78 is 5.57. The van der Waals surface area contributed by atoms with Gasteiger partial charge in [-0.15, -0.1) is 0 Å². The van der Waals surface area contributed by atoms with Crippen LogP contribution in [0.1, 0.15) is 12.5 Å². The average molecular weight is 277 g/mol. The van der Waals surface area contributed by atoms with E-state index in [0.29, 0.717) is 0 Å². The highest BCUT2D eigenvalue weighted by molar-refractivity contribution is 6.32. The van der Waals surface area contributed by atoms with Gasteiger partial charge in [0.1, 0.15) is 0 Å². The molecule has 3 rings (SSSR count). The summed E-state index contributed by atoms with van der Waals surface area (Å²) in [6.45, 7) is 5.62. The van der Waals surface area contributed by atoms with Crippen LogP contribution < -0.4 is 0 Å². The molecule has 0 N–H and O–H groups in total. The Balaban J connectivity index is 1.93. The molecule has 100 valence electrons. The SMILES string of the molecule is CC1CN(Cc2c(Cl)ccc3cccnc23)CCO1. The summed E-state index contributed by atoms with van der Waals surface area (Å²) >= 11 is 6.36. The van der Waals surface area contributed by atoms with Crippen LogP contribution in [0.15, 0.2) is 30.5 Å². The Morgan fingerprint density at radius 2 is 2.32 bits per heavy atom. The van der Waals surface area contributed by atoms with Gasteiger partial charge in [-0.05, 0) is 19.1 Å². The van der Waals surface area contributed by atoms with Crippen molar-refractivity contribution in [3.63, 3.8) is 0 Å². The van der Waals surface area contributed by atoms with Crippen LogP contribution in [0, 0.1) is 0 Å². The maximum atomic E-state index is 6.36. The van der Waals surface area contributed by atoms with Gasteiger partial charge in [0.05, 0.1) is 18.2 Å². The second kappa shape index (κ2) is 5.45. The number of morpholine rings is 1. The highest BCUT2D eigenvalue weighted by atomic mass is 35.5. The van der Waals surface area contributed by atoms with E-state index in [4.69, 9.17) is 16.3 Å². The number of aromatic nitrogens is 1. The minimum atomic E-state index is 0.287. The smallest absolute Gasteiger partial charge is 0.0761 e. The van der Waals surface area contributed by atoms with Gasteiger partial charge in [0.25, 0.3) is 0 Å². The fourth-order valence-electron chi connectivity index (χ4n) is 2.59. The number of ether oxygens (including phenoxy) is 1. The molecule has 3 nitrogen and oxygen atoms in total. The molecule has 0 amide bonds.